The largest absolute Gasteiger partial charge is 0.376 e. The summed E-state index contributed by atoms with van der Waals surface area (Å²) in [6, 6.07) is 8.13. The summed E-state index contributed by atoms with van der Waals surface area (Å²) in [7, 11) is 0. The van der Waals surface area contributed by atoms with Crippen LogP contribution in [0.4, 0.5) is 0 Å². The van der Waals surface area contributed by atoms with Crippen molar-refractivity contribution in [3.63, 3.8) is 0 Å². The molecule has 2 aromatic rings. The molecule has 0 spiro atoms. The fourth-order valence-corrected chi connectivity index (χ4v) is 3.37. The van der Waals surface area contributed by atoms with Crippen molar-refractivity contribution >= 4 is 17.7 Å². The zero-order valence-corrected chi connectivity index (χ0v) is 15.3. The Hall–Kier alpha value is -1.93. The van der Waals surface area contributed by atoms with E-state index in [2.05, 4.69) is 46.8 Å². The topological polar surface area (TPSA) is 81.9 Å². The third-order valence-corrected chi connectivity index (χ3v) is 5.05. The minimum Gasteiger partial charge on any atom is -0.376 e. The van der Waals surface area contributed by atoms with Crippen LogP contribution in [0.2, 0.25) is 0 Å². The van der Waals surface area contributed by atoms with Crippen molar-refractivity contribution in [2.75, 3.05) is 18.9 Å². The molecule has 134 valence electrons. The number of aromatic nitrogens is 4. The zero-order valence-electron chi connectivity index (χ0n) is 14.5. The summed E-state index contributed by atoms with van der Waals surface area (Å²) in [4.78, 5) is 12.0. The van der Waals surface area contributed by atoms with E-state index in [1.165, 1.54) is 17.3 Å². The molecule has 0 unspecified atom stereocenters. The highest BCUT2D eigenvalue weighted by atomic mass is 32.2. The van der Waals surface area contributed by atoms with Gasteiger partial charge in [-0.3, -0.25) is 4.79 Å². The molecule has 0 saturated carbocycles. The van der Waals surface area contributed by atoms with E-state index in [9.17, 15) is 4.79 Å². The molecule has 1 aromatic heterocycles. The van der Waals surface area contributed by atoms with Gasteiger partial charge in [-0.05, 0) is 46.9 Å². The third-order valence-electron chi connectivity index (χ3n) is 4.13. The highest BCUT2D eigenvalue weighted by Crippen LogP contribution is 2.20. The second-order valence-corrected chi connectivity index (χ2v) is 7.29. The maximum Gasteiger partial charge on any atom is 0.230 e. The van der Waals surface area contributed by atoms with Gasteiger partial charge in [0.1, 0.15) is 0 Å². The molecule has 8 heteroatoms. The van der Waals surface area contributed by atoms with Gasteiger partial charge in [0, 0.05) is 13.2 Å². The predicted molar refractivity (Wildman–Crippen MR) is 96.0 cm³/mol. The summed E-state index contributed by atoms with van der Waals surface area (Å²) in [5.74, 6) is 0.714. The fourth-order valence-electron chi connectivity index (χ4n) is 2.65. The average molecular weight is 361 g/mol. The number of hydrogen-bond acceptors (Lipinski definition) is 6. The van der Waals surface area contributed by atoms with Gasteiger partial charge in [-0.25, -0.2) is 0 Å². The fraction of sp³-hybridized carbons (Fsp3) is 0.529. The van der Waals surface area contributed by atoms with Crippen LogP contribution in [0, 0.1) is 0 Å². The molecule has 1 aromatic carbocycles. The number of tetrazole rings is 1. The second kappa shape index (κ2) is 8.44. The molecular weight excluding hydrogens is 338 g/mol. The van der Waals surface area contributed by atoms with Gasteiger partial charge >= 0.3 is 0 Å². The molecule has 25 heavy (non-hydrogen) atoms. The highest BCUT2D eigenvalue weighted by Gasteiger charge is 2.17. The van der Waals surface area contributed by atoms with E-state index in [1.807, 2.05) is 12.1 Å². The summed E-state index contributed by atoms with van der Waals surface area (Å²) in [5, 5.41) is 15.3. The number of carbonyl (C=O) groups is 1. The molecular formula is C17H23N5O2S. The number of hydrogen-bond donors (Lipinski definition) is 1. The molecule has 0 aliphatic carbocycles. The Kier molecular flexibility index (Phi) is 6.04. The molecule has 1 fully saturated rings. The van der Waals surface area contributed by atoms with E-state index in [1.54, 1.807) is 4.68 Å². The number of rotatable bonds is 7. The average Bonchev–Trinajstić information content (AvgIpc) is 3.29. The SMILES string of the molecule is CC(C)c1ccc(-n2nnnc2SCC(=O)NC[C@H]2CCCO2)cc1. The molecule has 0 bridgehead atoms. The number of thioether (sulfide) groups is 1. The Bertz CT molecular complexity index is 695. The predicted octanol–water partition coefficient (Wildman–Crippen LogP) is 2.17. The molecule has 1 aliphatic heterocycles. The Morgan fingerprint density at radius 2 is 2.20 bits per heavy atom. The maximum atomic E-state index is 12.0. The summed E-state index contributed by atoms with van der Waals surface area (Å²) in [6.07, 6.45) is 2.23. The minimum absolute atomic E-state index is 0.0368. The first-order chi connectivity index (χ1) is 12.1. The summed E-state index contributed by atoms with van der Waals surface area (Å²) in [6.45, 7) is 5.67. The van der Waals surface area contributed by atoms with E-state index < -0.39 is 0 Å². The lowest BCUT2D eigenvalue weighted by Crippen LogP contribution is -2.32. The van der Waals surface area contributed by atoms with Crippen LogP contribution in [0.3, 0.4) is 0 Å². The lowest BCUT2D eigenvalue weighted by atomic mass is 10.0. The van der Waals surface area contributed by atoms with Crippen LogP contribution in [-0.2, 0) is 9.53 Å². The molecule has 7 nitrogen and oxygen atoms in total. The number of nitrogens with one attached hydrogen (secondary N) is 1. The molecule has 1 amide bonds. The van der Waals surface area contributed by atoms with Crippen molar-refractivity contribution in [1.29, 1.82) is 0 Å². The zero-order chi connectivity index (χ0) is 17.6. The molecule has 1 saturated heterocycles. The van der Waals surface area contributed by atoms with Gasteiger partial charge < -0.3 is 10.1 Å². The smallest absolute Gasteiger partial charge is 0.230 e. The highest BCUT2D eigenvalue weighted by molar-refractivity contribution is 7.99. The minimum atomic E-state index is -0.0368. The molecule has 2 heterocycles. The Morgan fingerprint density at radius 1 is 1.40 bits per heavy atom. The summed E-state index contributed by atoms with van der Waals surface area (Å²) in [5.41, 5.74) is 2.15. The van der Waals surface area contributed by atoms with Crippen LogP contribution in [0.25, 0.3) is 5.69 Å². The van der Waals surface area contributed by atoms with Crippen molar-refractivity contribution in [3.05, 3.63) is 29.8 Å². The Balaban J connectivity index is 1.55. The normalized spacial score (nSPS) is 17.2. The molecule has 1 N–H and O–H groups in total. The van der Waals surface area contributed by atoms with Crippen LogP contribution >= 0.6 is 11.8 Å². The van der Waals surface area contributed by atoms with Crippen LogP contribution in [0.15, 0.2) is 29.4 Å². The number of ether oxygens (including phenoxy) is 1. The van der Waals surface area contributed by atoms with Crippen molar-refractivity contribution < 1.29 is 9.53 Å². The van der Waals surface area contributed by atoms with Gasteiger partial charge in [-0.15, -0.1) is 5.10 Å². The third kappa shape index (κ3) is 4.79. The van der Waals surface area contributed by atoms with Gasteiger partial charge in [0.05, 0.1) is 17.5 Å². The monoisotopic (exact) mass is 361 g/mol. The number of amides is 1. The summed E-state index contributed by atoms with van der Waals surface area (Å²) < 4.78 is 7.15. The molecule has 3 rings (SSSR count). The first-order valence-electron chi connectivity index (χ1n) is 8.53. The lowest BCUT2D eigenvalue weighted by molar-refractivity contribution is -0.119. The molecule has 0 radical (unpaired) electrons. The van der Waals surface area contributed by atoms with Gasteiger partial charge in [-0.2, -0.15) is 4.68 Å². The van der Waals surface area contributed by atoms with Crippen LogP contribution in [-0.4, -0.2) is 51.1 Å². The number of benzene rings is 1. The Labute approximate surface area is 151 Å². The van der Waals surface area contributed by atoms with Crippen molar-refractivity contribution in [3.8, 4) is 5.69 Å². The lowest BCUT2D eigenvalue weighted by Gasteiger charge is -2.10. The van der Waals surface area contributed by atoms with Gasteiger partial charge in [0.15, 0.2) is 0 Å². The van der Waals surface area contributed by atoms with Gasteiger partial charge in [-0.1, -0.05) is 37.7 Å². The van der Waals surface area contributed by atoms with Gasteiger partial charge in [0.25, 0.3) is 0 Å². The van der Waals surface area contributed by atoms with Crippen LogP contribution in [0.5, 0.6) is 0 Å². The van der Waals surface area contributed by atoms with E-state index >= 15 is 0 Å². The van der Waals surface area contributed by atoms with Crippen LogP contribution in [0.1, 0.15) is 38.2 Å². The van der Waals surface area contributed by atoms with E-state index in [4.69, 9.17) is 4.74 Å². The quantitative estimate of drug-likeness (QED) is 0.761. The second-order valence-electron chi connectivity index (χ2n) is 6.35. The van der Waals surface area contributed by atoms with E-state index in [0.29, 0.717) is 17.6 Å². The Morgan fingerprint density at radius 3 is 2.88 bits per heavy atom. The molecule has 1 aliphatic rings. The first-order valence-corrected chi connectivity index (χ1v) is 9.52. The van der Waals surface area contributed by atoms with Crippen molar-refractivity contribution in [1.82, 2.24) is 25.5 Å². The summed E-state index contributed by atoms with van der Waals surface area (Å²) >= 11 is 1.32. The standard InChI is InChI=1S/C17H23N5O2S/c1-12(2)13-5-7-14(8-6-13)22-17(19-20-21-22)25-11-16(23)18-10-15-4-3-9-24-15/h5-8,12,15H,3-4,9-11H2,1-2H3,(H,18,23)/t15-/m1/s1. The van der Waals surface area contributed by atoms with E-state index in [-0.39, 0.29) is 17.8 Å². The van der Waals surface area contributed by atoms with E-state index in [0.717, 1.165) is 25.1 Å². The van der Waals surface area contributed by atoms with Crippen molar-refractivity contribution in [2.24, 2.45) is 0 Å². The number of nitrogens with zero attached hydrogens (tertiary/aromatic N) is 4. The van der Waals surface area contributed by atoms with Crippen molar-refractivity contribution in [2.45, 2.75) is 43.9 Å². The maximum absolute atomic E-state index is 12.0. The van der Waals surface area contributed by atoms with Crippen LogP contribution < -0.4 is 5.32 Å². The number of carbonyl (C=O) groups excluding carboxylic acids is 1. The molecule has 1 atom stereocenters. The first kappa shape index (κ1) is 17.9. The van der Waals surface area contributed by atoms with Gasteiger partial charge in [0.2, 0.25) is 11.1 Å².